The van der Waals surface area contributed by atoms with Crippen LogP contribution in [0.2, 0.25) is 0 Å². The predicted molar refractivity (Wildman–Crippen MR) is 42.1 cm³/mol. The summed E-state index contributed by atoms with van der Waals surface area (Å²) in [5.74, 6) is -0.560. The van der Waals surface area contributed by atoms with E-state index in [0.717, 1.165) is 0 Å². The Hall–Kier alpha value is -1.92. The van der Waals surface area contributed by atoms with Crippen molar-refractivity contribution in [2.45, 2.75) is 6.54 Å². The smallest absolute Gasteiger partial charge is 0.237 e. The second-order valence-electron chi connectivity index (χ2n) is 2.44. The molecule has 3 N–H and O–H groups in total. The number of aromatic nitrogens is 3. The number of hydrogen-bond donors (Lipinski definition) is 2. The van der Waals surface area contributed by atoms with Gasteiger partial charge in [-0.2, -0.15) is 15.4 Å². The van der Waals surface area contributed by atoms with E-state index in [-0.39, 0.29) is 13.1 Å². The highest BCUT2D eigenvalue weighted by Crippen LogP contribution is 1.94. The molecule has 1 rings (SSSR count). The molecule has 7 nitrogen and oxygen atoms in total. The van der Waals surface area contributed by atoms with E-state index in [4.69, 9.17) is 5.73 Å². The van der Waals surface area contributed by atoms with Crippen molar-refractivity contribution in [3.05, 3.63) is 11.9 Å². The molecule has 0 aromatic carbocycles. The molecule has 0 unspecified atom stereocenters. The second-order valence-corrected chi connectivity index (χ2v) is 2.44. The van der Waals surface area contributed by atoms with Crippen molar-refractivity contribution < 1.29 is 9.59 Å². The van der Waals surface area contributed by atoms with Crippen LogP contribution >= 0.6 is 0 Å². The maximum absolute atomic E-state index is 10.5. The molecule has 0 aliphatic heterocycles. The lowest BCUT2D eigenvalue weighted by molar-refractivity contribution is -0.126. The number of primary amides is 1. The van der Waals surface area contributed by atoms with E-state index in [0.29, 0.717) is 12.1 Å². The van der Waals surface area contributed by atoms with Crippen molar-refractivity contribution in [2.75, 3.05) is 6.54 Å². The topological polar surface area (TPSA) is 105 Å². The minimum Gasteiger partial charge on any atom is -0.368 e. The number of aromatic amines is 1. The first-order valence-corrected chi connectivity index (χ1v) is 3.54. The monoisotopic (exact) mass is 183 g/mol. The fourth-order valence-electron chi connectivity index (χ4n) is 0.840. The Labute approximate surface area is 73.9 Å². The number of hydrogen-bond acceptors (Lipinski definition) is 4. The Morgan fingerprint density at radius 3 is 3.00 bits per heavy atom. The Balaban J connectivity index is 2.49. The summed E-state index contributed by atoms with van der Waals surface area (Å²) in [5.41, 5.74) is 5.49. The molecular weight excluding hydrogens is 174 g/mol. The third kappa shape index (κ3) is 2.89. The summed E-state index contributed by atoms with van der Waals surface area (Å²) in [6, 6.07) is 0. The molecule has 0 fully saturated rings. The van der Waals surface area contributed by atoms with Crippen LogP contribution in [-0.4, -0.2) is 39.2 Å². The van der Waals surface area contributed by atoms with Crippen LogP contribution in [0.5, 0.6) is 0 Å². The Morgan fingerprint density at radius 2 is 2.54 bits per heavy atom. The SMILES string of the molecule is NC(=O)CN(C=O)Cc1cn[nH]n1. The molecule has 1 aromatic heterocycles. The van der Waals surface area contributed by atoms with E-state index < -0.39 is 5.91 Å². The van der Waals surface area contributed by atoms with Crippen LogP contribution < -0.4 is 5.73 Å². The van der Waals surface area contributed by atoms with Crippen molar-refractivity contribution in [1.29, 1.82) is 0 Å². The highest BCUT2D eigenvalue weighted by Gasteiger charge is 2.07. The van der Waals surface area contributed by atoms with E-state index in [9.17, 15) is 9.59 Å². The number of carbonyl (C=O) groups is 2. The molecule has 0 spiro atoms. The molecule has 7 heteroatoms. The normalized spacial score (nSPS) is 9.54. The Kier molecular flexibility index (Phi) is 2.96. The van der Waals surface area contributed by atoms with Crippen LogP contribution in [0.15, 0.2) is 6.20 Å². The Bertz CT molecular complexity index is 283. The van der Waals surface area contributed by atoms with Gasteiger partial charge in [0.1, 0.15) is 5.69 Å². The fourth-order valence-corrected chi connectivity index (χ4v) is 0.840. The molecule has 0 aliphatic rings. The van der Waals surface area contributed by atoms with Crippen molar-refractivity contribution in [2.24, 2.45) is 5.73 Å². The molecular formula is C6H9N5O2. The molecule has 0 saturated heterocycles. The van der Waals surface area contributed by atoms with Crippen LogP contribution in [0.3, 0.4) is 0 Å². The van der Waals surface area contributed by atoms with Crippen molar-refractivity contribution in [3.63, 3.8) is 0 Å². The van der Waals surface area contributed by atoms with Gasteiger partial charge in [-0.3, -0.25) is 9.59 Å². The maximum atomic E-state index is 10.5. The minimum atomic E-state index is -0.560. The summed E-state index contributed by atoms with van der Waals surface area (Å²) in [5, 5.41) is 9.67. The van der Waals surface area contributed by atoms with Gasteiger partial charge in [0.15, 0.2) is 0 Å². The number of nitrogens with two attached hydrogens (primary N) is 1. The van der Waals surface area contributed by atoms with Crippen LogP contribution in [0.4, 0.5) is 0 Å². The quantitative estimate of drug-likeness (QED) is 0.528. The summed E-state index contributed by atoms with van der Waals surface area (Å²) in [4.78, 5) is 22.1. The van der Waals surface area contributed by atoms with Gasteiger partial charge in [-0.15, -0.1) is 0 Å². The zero-order valence-electron chi connectivity index (χ0n) is 6.80. The number of nitrogens with zero attached hydrogens (tertiary/aromatic N) is 3. The predicted octanol–water partition coefficient (Wildman–Crippen LogP) is -1.75. The van der Waals surface area contributed by atoms with Crippen LogP contribution in [0.25, 0.3) is 0 Å². The molecule has 0 radical (unpaired) electrons. The van der Waals surface area contributed by atoms with Gasteiger partial charge in [0.05, 0.1) is 19.3 Å². The fraction of sp³-hybridized carbons (Fsp3) is 0.333. The largest absolute Gasteiger partial charge is 0.368 e. The average Bonchev–Trinajstić information content (AvgIpc) is 2.55. The van der Waals surface area contributed by atoms with E-state index in [1.54, 1.807) is 0 Å². The summed E-state index contributed by atoms with van der Waals surface area (Å²) in [6.45, 7) is 0.110. The highest BCUT2D eigenvalue weighted by atomic mass is 16.2. The first-order valence-electron chi connectivity index (χ1n) is 3.54. The Morgan fingerprint density at radius 1 is 1.77 bits per heavy atom. The first-order chi connectivity index (χ1) is 6.22. The molecule has 0 atom stereocenters. The zero-order chi connectivity index (χ0) is 9.68. The van der Waals surface area contributed by atoms with Gasteiger partial charge in [-0.1, -0.05) is 0 Å². The van der Waals surface area contributed by atoms with E-state index in [2.05, 4.69) is 15.4 Å². The molecule has 0 bridgehead atoms. The molecule has 70 valence electrons. The number of nitrogens with one attached hydrogen (secondary N) is 1. The standard InChI is InChI=1S/C6H9N5O2/c7-6(13)3-11(4-12)2-5-1-8-10-9-5/h1,4H,2-3H2,(H2,7,13)(H,8,9,10). The molecule has 0 saturated carbocycles. The van der Waals surface area contributed by atoms with Gasteiger partial charge in [-0.05, 0) is 0 Å². The third-order valence-electron chi connectivity index (χ3n) is 1.34. The third-order valence-corrected chi connectivity index (χ3v) is 1.34. The first kappa shape index (κ1) is 9.17. The van der Waals surface area contributed by atoms with E-state index in [1.807, 2.05) is 0 Å². The number of rotatable bonds is 5. The van der Waals surface area contributed by atoms with Gasteiger partial charge in [0, 0.05) is 0 Å². The van der Waals surface area contributed by atoms with Crippen molar-refractivity contribution in [1.82, 2.24) is 20.3 Å². The van der Waals surface area contributed by atoms with Crippen LogP contribution in [-0.2, 0) is 16.1 Å². The van der Waals surface area contributed by atoms with Gasteiger partial charge in [0.25, 0.3) is 0 Å². The number of carbonyl (C=O) groups excluding carboxylic acids is 2. The summed E-state index contributed by atoms with van der Waals surface area (Å²) in [6.07, 6.45) is 2.01. The molecule has 1 aromatic rings. The summed E-state index contributed by atoms with van der Waals surface area (Å²) in [7, 11) is 0. The second kappa shape index (κ2) is 4.19. The minimum absolute atomic E-state index is 0.115. The lowest BCUT2D eigenvalue weighted by atomic mass is 10.4. The van der Waals surface area contributed by atoms with E-state index >= 15 is 0 Å². The summed E-state index contributed by atoms with van der Waals surface area (Å²) < 4.78 is 0. The molecule has 1 heterocycles. The van der Waals surface area contributed by atoms with Crippen molar-refractivity contribution in [3.8, 4) is 0 Å². The van der Waals surface area contributed by atoms with E-state index in [1.165, 1.54) is 11.1 Å². The van der Waals surface area contributed by atoms with Gasteiger partial charge in [-0.25, -0.2) is 0 Å². The van der Waals surface area contributed by atoms with Crippen LogP contribution in [0.1, 0.15) is 5.69 Å². The van der Waals surface area contributed by atoms with Crippen molar-refractivity contribution >= 4 is 12.3 Å². The maximum Gasteiger partial charge on any atom is 0.237 e. The lowest BCUT2D eigenvalue weighted by Crippen LogP contribution is -2.32. The number of amides is 2. The summed E-state index contributed by atoms with van der Waals surface area (Å²) >= 11 is 0. The molecule has 2 amide bonds. The lowest BCUT2D eigenvalue weighted by Gasteiger charge is -2.12. The van der Waals surface area contributed by atoms with Crippen LogP contribution in [0, 0.1) is 0 Å². The zero-order valence-corrected chi connectivity index (χ0v) is 6.80. The average molecular weight is 183 g/mol. The van der Waals surface area contributed by atoms with Gasteiger partial charge < -0.3 is 10.6 Å². The van der Waals surface area contributed by atoms with Gasteiger partial charge in [0.2, 0.25) is 12.3 Å². The van der Waals surface area contributed by atoms with Gasteiger partial charge >= 0.3 is 0 Å². The highest BCUT2D eigenvalue weighted by molar-refractivity contribution is 5.77. The molecule has 0 aliphatic carbocycles. The molecule has 13 heavy (non-hydrogen) atoms. The number of H-pyrrole nitrogens is 1.